The number of aromatic nitrogens is 3. The molecule has 0 atom stereocenters. The highest BCUT2D eigenvalue weighted by atomic mass is 35.5. The molecule has 0 aliphatic rings. The van der Waals surface area contributed by atoms with Gasteiger partial charge in [0.15, 0.2) is 11.4 Å². The minimum atomic E-state index is 0.529. The molecule has 18 heavy (non-hydrogen) atoms. The van der Waals surface area contributed by atoms with Crippen molar-refractivity contribution in [2.75, 3.05) is 0 Å². The molecule has 0 amide bonds. The normalized spacial score (nSPS) is 11.2. The molecular weight excluding hydrogens is 274 g/mol. The van der Waals surface area contributed by atoms with E-state index in [1.165, 1.54) is 11.8 Å². The highest BCUT2D eigenvalue weighted by Crippen LogP contribution is 2.27. The summed E-state index contributed by atoms with van der Waals surface area (Å²) in [7, 11) is 0. The maximum Gasteiger partial charge on any atom is 0.257 e. The molecule has 0 saturated heterocycles. The van der Waals surface area contributed by atoms with Crippen molar-refractivity contribution in [2.45, 2.75) is 17.9 Å². The van der Waals surface area contributed by atoms with Crippen molar-refractivity contribution in [1.82, 2.24) is 15.1 Å². The molecule has 0 N–H and O–H groups in total. The lowest BCUT2D eigenvalue weighted by atomic mass is 10.3. The number of oxazole rings is 1. The van der Waals surface area contributed by atoms with Crippen molar-refractivity contribution in [3.05, 3.63) is 34.9 Å². The largest absolute Gasteiger partial charge is 0.431 e. The summed E-state index contributed by atoms with van der Waals surface area (Å²) >= 11 is 7.28. The summed E-state index contributed by atoms with van der Waals surface area (Å²) in [6.07, 6.45) is 0. The molecule has 92 valence electrons. The Hall–Kier alpha value is -1.53. The Labute approximate surface area is 112 Å². The molecule has 0 aliphatic heterocycles. The average Bonchev–Trinajstić information content (AvgIpc) is 2.92. The van der Waals surface area contributed by atoms with Gasteiger partial charge in [0.2, 0.25) is 5.89 Å². The van der Waals surface area contributed by atoms with Crippen LogP contribution in [0.1, 0.15) is 11.7 Å². The quantitative estimate of drug-likeness (QED) is 0.685. The van der Waals surface area contributed by atoms with Crippen LogP contribution >= 0.6 is 23.4 Å². The Morgan fingerprint density at radius 3 is 3.00 bits per heavy atom. The summed E-state index contributed by atoms with van der Waals surface area (Å²) in [4.78, 5) is 8.43. The summed E-state index contributed by atoms with van der Waals surface area (Å²) in [5.74, 6) is 1.70. The smallest absolute Gasteiger partial charge is 0.257 e. The van der Waals surface area contributed by atoms with E-state index in [0.717, 1.165) is 5.52 Å². The molecule has 0 bridgehead atoms. The van der Waals surface area contributed by atoms with Gasteiger partial charge in [-0.2, -0.15) is 4.98 Å². The SMILES string of the molecule is Cc1noc(CSc2nc3ccc(Cl)cc3o2)n1. The van der Waals surface area contributed by atoms with Gasteiger partial charge in [-0.15, -0.1) is 0 Å². The lowest BCUT2D eigenvalue weighted by Crippen LogP contribution is -1.80. The third kappa shape index (κ3) is 2.34. The van der Waals surface area contributed by atoms with Gasteiger partial charge in [-0.1, -0.05) is 28.5 Å². The predicted molar refractivity (Wildman–Crippen MR) is 67.6 cm³/mol. The number of nitrogens with zero attached hydrogens (tertiary/aromatic N) is 3. The number of hydrogen-bond donors (Lipinski definition) is 0. The zero-order valence-electron chi connectivity index (χ0n) is 9.38. The zero-order valence-corrected chi connectivity index (χ0v) is 11.0. The number of fused-ring (bicyclic) bond motifs is 1. The molecule has 0 spiro atoms. The van der Waals surface area contributed by atoms with E-state index in [9.17, 15) is 0 Å². The van der Waals surface area contributed by atoms with Gasteiger partial charge in [0.25, 0.3) is 5.22 Å². The van der Waals surface area contributed by atoms with E-state index in [1.807, 2.05) is 6.07 Å². The second-order valence-corrected chi connectivity index (χ2v) is 4.98. The topological polar surface area (TPSA) is 65.0 Å². The molecule has 2 heterocycles. The molecule has 5 nitrogen and oxygen atoms in total. The maximum atomic E-state index is 5.88. The molecule has 7 heteroatoms. The van der Waals surface area contributed by atoms with E-state index in [2.05, 4.69) is 15.1 Å². The fraction of sp³-hybridized carbons (Fsp3) is 0.182. The molecular formula is C11H8ClN3O2S. The monoisotopic (exact) mass is 281 g/mol. The number of rotatable bonds is 3. The van der Waals surface area contributed by atoms with Gasteiger partial charge in [-0.3, -0.25) is 0 Å². The van der Waals surface area contributed by atoms with Crippen molar-refractivity contribution >= 4 is 34.5 Å². The summed E-state index contributed by atoms with van der Waals surface area (Å²) in [6, 6.07) is 5.34. The van der Waals surface area contributed by atoms with Crippen LogP contribution in [0.3, 0.4) is 0 Å². The molecule has 3 aromatic rings. The Morgan fingerprint density at radius 1 is 1.33 bits per heavy atom. The number of benzene rings is 1. The Kier molecular flexibility index (Phi) is 2.97. The van der Waals surface area contributed by atoms with Crippen molar-refractivity contribution in [1.29, 1.82) is 0 Å². The number of hydrogen-bond acceptors (Lipinski definition) is 6. The lowest BCUT2D eigenvalue weighted by Gasteiger charge is -1.89. The van der Waals surface area contributed by atoms with Crippen LogP contribution in [-0.4, -0.2) is 15.1 Å². The highest BCUT2D eigenvalue weighted by Gasteiger charge is 2.09. The molecule has 3 rings (SSSR count). The Morgan fingerprint density at radius 2 is 2.22 bits per heavy atom. The van der Waals surface area contributed by atoms with E-state index >= 15 is 0 Å². The minimum absolute atomic E-state index is 0.529. The third-order valence-electron chi connectivity index (χ3n) is 2.22. The summed E-state index contributed by atoms with van der Waals surface area (Å²) in [5, 5.41) is 4.90. The fourth-order valence-corrected chi connectivity index (χ4v) is 2.30. The van der Waals surface area contributed by atoms with Crippen LogP contribution in [0.15, 0.2) is 32.4 Å². The molecule has 0 fully saturated rings. The predicted octanol–water partition coefficient (Wildman–Crippen LogP) is 3.46. The Bertz CT molecular complexity index is 694. The number of halogens is 1. The van der Waals surface area contributed by atoms with Gasteiger partial charge in [-0.25, -0.2) is 4.98 Å². The maximum absolute atomic E-state index is 5.88. The Balaban J connectivity index is 1.78. The van der Waals surface area contributed by atoms with Crippen molar-refractivity contribution in [3.63, 3.8) is 0 Å². The van der Waals surface area contributed by atoms with Gasteiger partial charge < -0.3 is 8.94 Å². The molecule has 0 saturated carbocycles. The molecule has 1 aromatic carbocycles. The second kappa shape index (κ2) is 4.62. The summed E-state index contributed by atoms with van der Waals surface area (Å²) in [5.41, 5.74) is 1.45. The van der Waals surface area contributed by atoms with E-state index in [0.29, 0.717) is 33.3 Å². The van der Waals surface area contributed by atoms with Crippen LogP contribution < -0.4 is 0 Å². The first kappa shape index (κ1) is 11.6. The second-order valence-electron chi connectivity index (χ2n) is 3.62. The van der Waals surface area contributed by atoms with Crippen molar-refractivity contribution < 1.29 is 8.94 Å². The van der Waals surface area contributed by atoms with Crippen LogP contribution in [0.5, 0.6) is 0 Å². The molecule has 0 aliphatic carbocycles. The van der Waals surface area contributed by atoms with Crippen LogP contribution in [0.4, 0.5) is 0 Å². The van der Waals surface area contributed by atoms with Gasteiger partial charge in [0.1, 0.15) is 5.52 Å². The van der Waals surface area contributed by atoms with Crippen LogP contribution in [0.2, 0.25) is 5.02 Å². The van der Waals surface area contributed by atoms with Gasteiger partial charge in [0, 0.05) is 11.1 Å². The van der Waals surface area contributed by atoms with Gasteiger partial charge in [0.05, 0.1) is 5.75 Å². The van der Waals surface area contributed by atoms with Gasteiger partial charge in [-0.05, 0) is 19.1 Å². The standard InChI is InChI=1S/C11H8ClN3O2S/c1-6-13-10(17-15-6)5-18-11-14-8-3-2-7(12)4-9(8)16-11/h2-4H,5H2,1H3. The summed E-state index contributed by atoms with van der Waals surface area (Å²) in [6.45, 7) is 1.78. The van der Waals surface area contributed by atoms with Gasteiger partial charge >= 0.3 is 0 Å². The van der Waals surface area contributed by atoms with Crippen LogP contribution in [0, 0.1) is 6.92 Å². The van der Waals surface area contributed by atoms with E-state index < -0.39 is 0 Å². The lowest BCUT2D eigenvalue weighted by molar-refractivity contribution is 0.386. The first-order chi connectivity index (χ1) is 8.70. The fourth-order valence-electron chi connectivity index (χ4n) is 1.46. The van der Waals surface area contributed by atoms with Crippen molar-refractivity contribution in [3.8, 4) is 0 Å². The molecule has 2 aromatic heterocycles. The van der Waals surface area contributed by atoms with Crippen LogP contribution in [0.25, 0.3) is 11.1 Å². The third-order valence-corrected chi connectivity index (χ3v) is 3.27. The highest BCUT2D eigenvalue weighted by molar-refractivity contribution is 7.98. The minimum Gasteiger partial charge on any atom is -0.431 e. The first-order valence-electron chi connectivity index (χ1n) is 5.19. The molecule has 0 radical (unpaired) electrons. The number of aryl methyl sites for hydroxylation is 1. The number of thioether (sulfide) groups is 1. The summed E-state index contributed by atoms with van der Waals surface area (Å²) < 4.78 is 10.6. The van der Waals surface area contributed by atoms with E-state index in [1.54, 1.807) is 19.1 Å². The molecule has 0 unspecified atom stereocenters. The zero-order chi connectivity index (χ0) is 12.5. The van der Waals surface area contributed by atoms with E-state index in [4.69, 9.17) is 20.5 Å². The van der Waals surface area contributed by atoms with Crippen LogP contribution in [-0.2, 0) is 5.75 Å². The van der Waals surface area contributed by atoms with E-state index in [-0.39, 0.29) is 0 Å². The first-order valence-corrected chi connectivity index (χ1v) is 6.55. The van der Waals surface area contributed by atoms with Crippen molar-refractivity contribution in [2.24, 2.45) is 0 Å². The average molecular weight is 282 g/mol.